The average molecular weight is 190 g/mol. The molecule has 1 aromatic heterocycles. The van der Waals surface area contributed by atoms with Gasteiger partial charge in [0.1, 0.15) is 0 Å². The fourth-order valence-electron chi connectivity index (χ4n) is 1.74. The van der Waals surface area contributed by atoms with E-state index in [1.165, 1.54) is 31.7 Å². The summed E-state index contributed by atoms with van der Waals surface area (Å²) in [5.74, 6) is 0. The topological polar surface area (TPSA) is 0 Å². The van der Waals surface area contributed by atoms with E-state index in [-0.39, 0.29) is 0 Å². The van der Waals surface area contributed by atoms with Gasteiger partial charge in [0.05, 0.1) is 0 Å². The van der Waals surface area contributed by atoms with Gasteiger partial charge >= 0.3 is 0 Å². The molecular weight excluding hydrogens is 176 g/mol. The molecule has 0 bridgehead atoms. The highest BCUT2D eigenvalue weighted by Gasteiger charge is 2.05. The fourth-order valence-corrected chi connectivity index (χ4v) is 2.76. The molecule has 1 aromatic carbocycles. The highest BCUT2D eigenvalue weighted by Crippen LogP contribution is 2.31. The number of aryl methyl sites for hydroxylation is 4. The van der Waals surface area contributed by atoms with Crippen molar-refractivity contribution < 1.29 is 0 Å². The molecule has 0 spiro atoms. The summed E-state index contributed by atoms with van der Waals surface area (Å²) in [7, 11) is 0. The summed E-state index contributed by atoms with van der Waals surface area (Å²) >= 11 is 1.90. The molecule has 68 valence electrons. The van der Waals surface area contributed by atoms with Crippen molar-refractivity contribution in [2.24, 2.45) is 0 Å². The molecule has 2 aromatic rings. The maximum absolute atomic E-state index is 2.31. The maximum atomic E-state index is 2.31. The molecule has 0 fully saturated rings. The molecule has 0 radical (unpaired) electrons. The number of hydrogen-bond acceptors (Lipinski definition) is 1. The molecule has 13 heavy (non-hydrogen) atoms. The molecule has 0 unspecified atom stereocenters. The van der Waals surface area contributed by atoms with Gasteiger partial charge in [0.15, 0.2) is 0 Å². The summed E-state index contributed by atoms with van der Waals surface area (Å²) in [4.78, 5) is 2.88. The Morgan fingerprint density at radius 2 is 1.15 bits per heavy atom. The third kappa shape index (κ3) is 1.28. The second-order valence-corrected chi connectivity index (χ2v) is 5.13. The highest BCUT2D eigenvalue weighted by atomic mass is 32.1. The predicted octanol–water partition coefficient (Wildman–Crippen LogP) is 4.13. The Morgan fingerprint density at radius 3 is 1.54 bits per heavy atom. The third-order valence-corrected chi connectivity index (χ3v) is 3.75. The van der Waals surface area contributed by atoms with Crippen molar-refractivity contribution >= 4 is 22.1 Å². The van der Waals surface area contributed by atoms with Gasteiger partial charge in [0.2, 0.25) is 0 Å². The summed E-state index contributed by atoms with van der Waals surface area (Å²) in [5, 5.41) is 2.87. The zero-order valence-corrected chi connectivity index (χ0v) is 9.38. The molecule has 0 saturated carbocycles. The van der Waals surface area contributed by atoms with Crippen molar-refractivity contribution in [2.75, 3.05) is 0 Å². The fraction of sp³-hybridized carbons (Fsp3) is 0.333. The van der Waals surface area contributed by atoms with Crippen molar-refractivity contribution in [3.05, 3.63) is 33.0 Å². The van der Waals surface area contributed by atoms with Crippen molar-refractivity contribution in [3.63, 3.8) is 0 Å². The van der Waals surface area contributed by atoms with Gasteiger partial charge in [-0.25, -0.2) is 0 Å². The minimum atomic E-state index is 1.40. The van der Waals surface area contributed by atoms with Crippen LogP contribution in [-0.2, 0) is 0 Å². The largest absolute Gasteiger partial charge is 0.145 e. The molecule has 0 N–H and O–H groups in total. The first-order chi connectivity index (χ1) is 6.09. The van der Waals surface area contributed by atoms with Crippen molar-refractivity contribution in [2.45, 2.75) is 27.7 Å². The van der Waals surface area contributed by atoms with Crippen LogP contribution in [0.3, 0.4) is 0 Å². The Balaban J connectivity index is 2.91. The van der Waals surface area contributed by atoms with Crippen LogP contribution in [0.5, 0.6) is 0 Å². The molecule has 0 aliphatic heterocycles. The van der Waals surface area contributed by atoms with Gasteiger partial charge in [-0.15, -0.1) is 11.3 Å². The summed E-state index contributed by atoms with van der Waals surface area (Å²) in [6.07, 6.45) is 0. The zero-order chi connectivity index (χ0) is 9.59. The summed E-state index contributed by atoms with van der Waals surface area (Å²) in [6.45, 7) is 8.77. The number of fused-ring (bicyclic) bond motifs is 1. The SMILES string of the molecule is Cc1cc2c(C)sc(C)c2cc1C. The lowest BCUT2D eigenvalue weighted by atomic mass is 10.0. The molecule has 1 heterocycles. The van der Waals surface area contributed by atoms with E-state index in [0.29, 0.717) is 0 Å². The average Bonchev–Trinajstić information content (AvgIpc) is 2.31. The molecular formula is C12H14S. The second kappa shape index (κ2) is 2.85. The van der Waals surface area contributed by atoms with Crippen LogP contribution in [0, 0.1) is 27.7 Å². The van der Waals surface area contributed by atoms with E-state index in [9.17, 15) is 0 Å². The normalized spacial score (nSPS) is 11.1. The predicted molar refractivity (Wildman–Crippen MR) is 60.8 cm³/mol. The van der Waals surface area contributed by atoms with E-state index in [1.54, 1.807) is 0 Å². The van der Waals surface area contributed by atoms with Gasteiger partial charge in [0.25, 0.3) is 0 Å². The van der Waals surface area contributed by atoms with Crippen molar-refractivity contribution in [1.82, 2.24) is 0 Å². The van der Waals surface area contributed by atoms with Gasteiger partial charge in [-0.2, -0.15) is 0 Å². The number of hydrogen-bond donors (Lipinski definition) is 0. The number of thiophene rings is 1. The van der Waals surface area contributed by atoms with Crippen molar-refractivity contribution in [1.29, 1.82) is 0 Å². The van der Waals surface area contributed by atoms with Gasteiger partial charge in [0, 0.05) is 9.75 Å². The molecule has 0 saturated heterocycles. The molecule has 0 aliphatic carbocycles. The number of rotatable bonds is 0. The number of benzene rings is 1. The lowest BCUT2D eigenvalue weighted by Crippen LogP contribution is -1.80. The quantitative estimate of drug-likeness (QED) is 0.586. The second-order valence-electron chi connectivity index (χ2n) is 3.70. The minimum absolute atomic E-state index is 1.40. The van der Waals surface area contributed by atoms with Crippen LogP contribution in [-0.4, -0.2) is 0 Å². The lowest BCUT2D eigenvalue weighted by Gasteiger charge is -2.00. The van der Waals surface area contributed by atoms with E-state index in [2.05, 4.69) is 39.8 Å². The van der Waals surface area contributed by atoms with E-state index in [4.69, 9.17) is 0 Å². The van der Waals surface area contributed by atoms with Crippen LogP contribution < -0.4 is 0 Å². The Labute approximate surface area is 83.2 Å². The Hall–Kier alpha value is -0.820. The molecule has 1 heteroatoms. The van der Waals surface area contributed by atoms with E-state index >= 15 is 0 Å². The van der Waals surface area contributed by atoms with E-state index in [0.717, 1.165) is 0 Å². The van der Waals surface area contributed by atoms with Crippen LogP contribution in [0.15, 0.2) is 12.1 Å². The Morgan fingerprint density at radius 1 is 0.769 bits per heavy atom. The molecule has 2 rings (SSSR count). The van der Waals surface area contributed by atoms with Gasteiger partial charge in [-0.05, 0) is 49.6 Å². The van der Waals surface area contributed by atoms with E-state index < -0.39 is 0 Å². The zero-order valence-electron chi connectivity index (χ0n) is 8.56. The van der Waals surface area contributed by atoms with Gasteiger partial charge in [-0.3, -0.25) is 0 Å². The lowest BCUT2D eigenvalue weighted by molar-refractivity contribution is 1.36. The first kappa shape index (κ1) is 8.76. The molecule has 0 aliphatic rings. The van der Waals surface area contributed by atoms with Crippen LogP contribution in [0.2, 0.25) is 0 Å². The maximum Gasteiger partial charge on any atom is 0.00957 e. The van der Waals surface area contributed by atoms with Crippen LogP contribution in [0.25, 0.3) is 10.8 Å². The van der Waals surface area contributed by atoms with E-state index in [1.807, 2.05) is 11.3 Å². The van der Waals surface area contributed by atoms with Crippen LogP contribution in [0.4, 0.5) is 0 Å². The van der Waals surface area contributed by atoms with Gasteiger partial charge in [-0.1, -0.05) is 12.1 Å². The van der Waals surface area contributed by atoms with Crippen LogP contribution >= 0.6 is 11.3 Å². The minimum Gasteiger partial charge on any atom is -0.145 e. The smallest absolute Gasteiger partial charge is 0.00957 e. The summed E-state index contributed by atoms with van der Waals surface area (Å²) in [5.41, 5.74) is 2.79. The Bertz CT molecular complexity index is 421. The Kier molecular flexibility index (Phi) is 1.92. The standard InChI is InChI=1S/C12H14S/c1-7-5-11-9(3)13-10(4)12(11)6-8(7)2/h5-6H,1-4H3. The summed E-state index contributed by atoms with van der Waals surface area (Å²) < 4.78 is 0. The van der Waals surface area contributed by atoms with Crippen LogP contribution in [0.1, 0.15) is 20.9 Å². The van der Waals surface area contributed by atoms with Gasteiger partial charge < -0.3 is 0 Å². The van der Waals surface area contributed by atoms with Crippen molar-refractivity contribution in [3.8, 4) is 0 Å². The summed E-state index contributed by atoms with van der Waals surface area (Å²) in [6, 6.07) is 4.62. The molecule has 0 atom stereocenters. The molecule has 0 nitrogen and oxygen atoms in total. The molecule has 0 amide bonds. The first-order valence-electron chi connectivity index (χ1n) is 4.56. The third-order valence-electron chi connectivity index (χ3n) is 2.70. The highest BCUT2D eigenvalue weighted by molar-refractivity contribution is 7.13. The first-order valence-corrected chi connectivity index (χ1v) is 5.38. The monoisotopic (exact) mass is 190 g/mol.